The van der Waals surface area contributed by atoms with Crippen LogP contribution >= 0.6 is 0 Å². The summed E-state index contributed by atoms with van der Waals surface area (Å²) in [6.07, 6.45) is 6.32. The van der Waals surface area contributed by atoms with Crippen molar-refractivity contribution >= 4 is 6.08 Å². The minimum atomic E-state index is -1.36. The van der Waals surface area contributed by atoms with Gasteiger partial charge in [0.05, 0.1) is 13.2 Å². The number of ether oxygens (including phenoxy) is 3. The molecule has 3 heterocycles. The van der Waals surface area contributed by atoms with Crippen LogP contribution in [0.3, 0.4) is 0 Å². The third kappa shape index (κ3) is 3.55. The Balaban J connectivity index is 1.74. The summed E-state index contributed by atoms with van der Waals surface area (Å²) in [6, 6.07) is 1.28. The summed E-state index contributed by atoms with van der Waals surface area (Å²) in [6.45, 7) is 6.55. The van der Waals surface area contributed by atoms with Gasteiger partial charge in [-0.3, -0.25) is 0 Å². The second-order valence-electron chi connectivity index (χ2n) is 8.16. The number of rotatable bonds is 5. The summed E-state index contributed by atoms with van der Waals surface area (Å²) in [4.78, 5) is 11.6. The molecule has 0 saturated carbocycles. The Hall–Kier alpha value is -2.23. The predicted molar refractivity (Wildman–Crippen MR) is 109 cm³/mol. The van der Waals surface area contributed by atoms with Gasteiger partial charge in [-0.15, -0.1) is 0 Å². The molecule has 8 nitrogen and oxygen atoms in total. The van der Waals surface area contributed by atoms with E-state index in [2.05, 4.69) is 0 Å². The molecule has 164 valence electrons. The number of aliphatic hydroxyl groups is 3. The molecule has 3 N–H and O–H groups in total. The predicted octanol–water partition coefficient (Wildman–Crippen LogP) is 1.46. The van der Waals surface area contributed by atoms with Crippen molar-refractivity contribution < 1.29 is 33.9 Å². The van der Waals surface area contributed by atoms with Crippen molar-refractivity contribution in [2.75, 3.05) is 7.11 Å². The highest BCUT2D eigenvalue weighted by Gasteiger charge is 2.71. The fraction of sp³-hybridized carbons (Fsp3) is 0.500. The number of methoxy groups -OCH3 is 1. The fourth-order valence-corrected chi connectivity index (χ4v) is 4.11. The first-order chi connectivity index (χ1) is 14.0. The van der Waals surface area contributed by atoms with Gasteiger partial charge < -0.3 is 33.9 Å². The highest BCUT2D eigenvalue weighted by molar-refractivity contribution is 5.52. The second kappa shape index (κ2) is 7.79. The standard InChI is InChI=1S/C22H28O8/c1-13-14(28-16(23)12-15(13)27-5)10-8-6-7-9-11-20(2)17(24)21(3)18(25)22(4,30-20)19(26)29-21/h6-12,17-19,24-26H,1-5H3/t17-,18+,19+,20-,21+,22+/m1/s1. The Bertz CT molecular complexity index is 947. The average Bonchev–Trinajstić information content (AvgIpc) is 2.82. The molecular formula is C22H28O8. The Morgan fingerprint density at radius 2 is 1.70 bits per heavy atom. The molecule has 0 amide bonds. The van der Waals surface area contributed by atoms with E-state index in [1.807, 2.05) is 0 Å². The Labute approximate surface area is 174 Å². The van der Waals surface area contributed by atoms with Crippen LogP contribution in [0.25, 0.3) is 6.08 Å². The third-order valence-electron chi connectivity index (χ3n) is 5.89. The number of fused-ring (bicyclic) bond motifs is 2. The smallest absolute Gasteiger partial charge is 0.339 e. The van der Waals surface area contributed by atoms with Crippen LogP contribution in [-0.4, -0.2) is 57.7 Å². The largest absolute Gasteiger partial charge is 0.496 e. The van der Waals surface area contributed by atoms with E-state index in [0.717, 1.165) is 0 Å². The van der Waals surface area contributed by atoms with E-state index in [1.165, 1.54) is 13.2 Å². The van der Waals surface area contributed by atoms with Crippen molar-refractivity contribution in [2.24, 2.45) is 0 Å². The molecule has 2 fully saturated rings. The monoisotopic (exact) mass is 420 g/mol. The van der Waals surface area contributed by atoms with Crippen LogP contribution in [0.5, 0.6) is 5.75 Å². The van der Waals surface area contributed by atoms with Gasteiger partial charge in [0.25, 0.3) is 0 Å². The maximum atomic E-state index is 11.6. The lowest BCUT2D eigenvalue weighted by molar-refractivity contribution is -0.264. The van der Waals surface area contributed by atoms with Crippen molar-refractivity contribution in [1.82, 2.24) is 0 Å². The highest BCUT2D eigenvalue weighted by atomic mass is 16.7. The van der Waals surface area contributed by atoms with Gasteiger partial charge in [0, 0.05) is 5.56 Å². The summed E-state index contributed by atoms with van der Waals surface area (Å²) in [5.74, 6) is 0.845. The zero-order valence-electron chi connectivity index (χ0n) is 17.7. The van der Waals surface area contributed by atoms with Gasteiger partial charge in [-0.1, -0.05) is 30.4 Å². The molecule has 0 aliphatic carbocycles. The van der Waals surface area contributed by atoms with Gasteiger partial charge in [0.15, 0.2) is 6.29 Å². The number of hydrogen-bond donors (Lipinski definition) is 3. The summed E-state index contributed by atoms with van der Waals surface area (Å²) in [7, 11) is 1.48. The molecule has 1 aromatic heterocycles. The summed E-state index contributed by atoms with van der Waals surface area (Å²) in [5, 5.41) is 31.4. The van der Waals surface area contributed by atoms with Crippen LogP contribution in [0.2, 0.25) is 0 Å². The SMILES string of the molecule is COc1cc(=O)oc(C=CC=CC=C[C@@]2(C)O[C@@]3(C)[C@@H](O)[C@@](C)(O[C@@H]3O)[C@@H]2O)c1C. The molecule has 2 saturated heterocycles. The molecule has 6 atom stereocenters. The first-order valence-electron chi connectivity index (χ1n) is 9.61. The van der Waals surface area contributed by atoms with Gasteiger partial charge in [0.2, 0.25) is 0 Å². The zero-order chi connectivity index (χ0) is 22.3. The first kappa shape index (κ1) is 22.5. The van der Waals surface area contributed by atoms with Crippen molar-refractivity contribution in [2.45, 2.75) is 63.0 Å². The van der Waals surface area contributed by atoms with E-state index < -0.39 is 40.9 Å². The Morgan fingerprint density at radius 3 is 2.37 bits per heavy atom. The maximum absolute atomic E-state index is 11.6. The molecule has 1 aromatic rings. The van der Waals surface area contributed by atoms with Crippen LogP contribution in [0.1, 0.15) is 32.1 Å². The minimum absolute atomic E-state index is 0.392. The molecule has 0 radical (unpaired) electrons. The summed E-state index contributed by atoms with van der Waals surface area (Å²) in [5.41, 5.74) is -3.71. The van der Waals surface area contributed by atoms with E-state index in [0.29, 0.717) is 17.1 Å². The minimum Gasteiger partial charge on any atom is -0.496 e. The zero-order valence-corrected chi connectivity index (χ0v) is 17.7. The quantitative estimate of drug-likeness (QED) is 0.613. The number of hydrogen-bond acceptors (Lipinski definition) is 8. The van der Waals surface area contributed by atoms with Gasteiger partial charge in [-0.25, -0.2) is 4.79 Å². The van der Waals surface area contributed by atoms with Crippen LogP contribution in [0.15, 0.2) is 45.7 Å². The average molecular weight is 420 g/mol. The Kier molecular flexibility index (Phi) is 5.83. The molecular weight excluding hydrogens is 392 g/mol. The van der Waals surface area contributed by atoms with E-state index in [-0.39, 0.29) is 0 Å². The van der Waals surface area contributed by atoms with E-state index in [4.69, 9.17) is 18.6 Å². The van der Waals surface area contributed by atoms with Crippen LogP contribution in [0.4, 0.5) is 0 Å². The number of allylic oxidation sites excluding steroid dienone is 4. The summed E-state index contributed by atoms with van der Waals surface area (Å²) >= 11 is 0. The van der Waals surface area contributed by atoms with Gasteiger partial charge >= 0.3 is 5.63 Å². The van der Waals surface area contributed by atoms with Crippen LogP contribution in [0, 0.1) is 6.92 Å². The lowest BCUT2D eigenvalue weighted by Crippen LogP contribution is -2.69. The van der Waals surface area contributed by atoms with Crippen LogP contribution in [-0.2, 0) is 9.47 Å². The fourth-order valence-electron chi connectivity index (χ4n) is 4.11. The normalized spacial score (nSPS) is 38.9. The highest BCUT2D eigenvalue weighted by Crippen LogP contribution is 2.51. The summed E-state index contributed by atoms with van der Waals surface area (Å²) < 4.78 is 21.7. The lowest BCUT2D eigenvalue weighted by Gasteiger charge is -2.50. The third-order valence-corrected chi connectivity index (χ3v) is 5.89. The van der Waals surface area contributed by atoms with E-state index in [1.54, 1.807) is 64.2 Å². The van der Waals surface area contributed by atoms with Gasteiger partial charge in [0.1, 0.15) is 40.5 Å². The molecule has 2 aliphatic rings. The maximum Gasteiger partial charge on any atom is 0.339 e. The molecule has 0 unspecified atom stereocenters. The second-order valence-corrected chi connectivity index (χ2v) is 8.16. The molecule has 0 aromatic carbocycles. The van der Waals surface area contributed by atoms with Crippen molar-refractivity contribution in [3.05, 3.63) is 58.2 Å². The topological polar surface area (TPSA) is 119 Å². The van der Waals surface area contributed by atoms with Crippen molar-refractivity contribution in [3.63, 3.8) is 0 Å². The molecule has 0 spiro atoms. The van der Waals surface area contributed by atoms with Crippen molar-refractivity contribution in [3.8, 4) is 5.75 Å². The van der Waals surface area contributed by atoms with Gasteiger partial charge in [-0.05, 0) is 33.8 Å². The lowest BCUT2D eigenvalue weighted by atomic mass is 9.74. The first-order valence-corrected chi connectivity index (χ1v) is 9.61. The van der Waals surface area contributed by atoms with Gasteiger partial charge in [-0.2, -0.15) is 0 Å². The van der Waals surface area contributed by atoms with Crippen molar-refractivity contribution in [1.29, 1.82) is 0 Å². The molecule has 2 aliphatic heterocycles. The van der Waals surface area contributed by atoms with E-state index in [9.17, 15) is 20.1 Å². The Morgan fingerprint density at radius 1 is 1.03 bits per heavy atom. The molecule has 2 bridgehead atoms. The van der Waals surface area contributed by atoms with Crippen LogP contribution < -0.4 is 10.4 Å². The molecule has 8 heteroatoms. The van der Waals surface area contributed by atoms with E-state index >= 15 is 0 Å². The molecule has 30 heavy (non-hydrogen) atoms. The molecule has 3 rings (SSSR count). The number of aliphatic hydroxyl groups excluding tert-OH is 3.